The third-order valence-electron chi connectivity index (χ3n) is 3.20. The van der Waals surface area contributed by atoms with Crippen LogP contribution in [0.5, 0.6) is 5.75 Å². The number of halogens is 1. The minimum Gasteiger partial charge on any atom is -0.496 e. The topological polar surface area (TPSA) is 34.1 Å². The average molecular weight is 291 g/mol. The number of rotatable bonds is 4. The van der Waals surface area contributed by atoms with E-state index in [1.165, 1.54) is 5.56 Å². The zero-order chi connectivity index (χ0) is 14.7. The molecule has 1 heterocycles. The lowest BCUT2D eigenvalue weighted by atomic mass is 10.0. The quantitative estimate of drug-likeness (QED) is 0.840. The molecule has 0 aliphatic carbocycles. The summed E-state index contributed by atoms with van der Waals surface area (Å²) < 4.78 is 5.45. The Morgan fingerprint density at radius 1 is 1.20 bits per heavy atom. The van der Waals surface area contributed by atoms with E-state index in [1.54, 1.807) is 13.3 Å². The van der Waals surface area contributed by atoms with Crippen LogP contribution in [0.3, 0.4) is 0 Å². The standard InChI is InChI=1S/C16H19ClN2O/c1-10-5-6-13(15(8-10)20-4)12(3)19-14-7-11(2)9-18-16(14)17/h5-9,12,19H,1-4H3. The number of aromatic nitrogens is 1. The van der Waals surface area contributed by atoms with Crippen molar-refractivity contribution >= 4 is 17.3 Å². The monoisotopic (exact) mass is 290 g/mol. The van der Waals surface area contributed by atoms with Gasteiger partial charge in [0, 0.05) is 11.8 Å². The first-order valence-corrected chi connectivity index (χ1v) is 6.92. The highest BCUT2D eigenvalue weighted by Crippen LogP contribution is 2.30. The molecule has 0 spiro atoms. The van der Waals surface area contributed by atoms with Gasteiger partial charge in [-0.3, -0.25) is 0 Å². The number of aryl methyl sites for hydroxylation is 2. The molecule has 106 valence electrons. The van der Waals surface area contributed by atoms with Crippen LogP contribution in [0.15, 0.2) is 30.5 Å². The molecule has 1 aromatic heterocycles. The predicted molar refractivity (Wildman–Crippen MR) is 83.8 cm³/mol. The molecule has 3 nitrogen and oxygen atoms in total. The number of hydrogen-bond acceptors (Lipinski definition) is 3. The normalized spacial score (nSPS) is 12.1. The molecule has 1 atom stereocenters. The minimum atomic E-state index is 0.0756. The molecule has 1 aromatic carbocycles. The number of ether oxygens (including phenoxy) is 1. The lowest BCUT2D eigenvalue weighted by Gasteiger charge is -2.19. The van der Waals surface area contributed by atoms with Gasteiger partial charge in [-0.1, -0.05) is 23.7 Å². The van der Waals surface area contributed by atoms with Gasteiger partial charge >= 0.3 is 0 Å². The molecule has 0 radical (unpaired) electrons. The second kappa shape index (κ2) is 6.14. The zero-order valence-electron chi connectivity index (χ0n) is 12.2. The highest BCUT2D eigenvalue weighted by Gasteiger charge is 2.13. The van der Waals surface area contributed by atoms with Crippen LogP contribution >= 0.6 is 11.6 Å². The minimum absolute atomic E-state index is 0.0756. The largest absolute Gasteiger partial charge is 0.496 e. The highest BCUT2D eigenvalue weighted by atomic mass is 35.5. The van der Waals surface area contributed by atoms with Crippen LogP contribution in [0, 0.1) is 13.8 Å². The second-order valence-electron chi connectivity index (χ2n) is 4.96. The van der Waals surface area contributed by atoms with Crippen molar-refractivity contribution in [1.82, 2.24) is 4.98 Å². The van der Waals surface area contributed by atoms with Crippen molar-refractivity contribution in [2.45, 2.75) is 26.8 Å². The summed E-state index contributed by atoms with van der Waals surface area (Å²) in [5.74, 6) is 0.877. The van der Waals surface area contributed by atoms with Crippen molar-refractivity contribution < 1.29 is 4.74 Å². The molecular formula is C16H19ClN2O. The summed E-state index contributed by atoms with van der Waals surface area (Å²) in [6.45, 7) is 6.11. The van der Waals surface area contributed by atoms with Crippen molar-refractivity contribution in [2.75, 3.05) is 12.4 Å². The van der Waals surface area contributed by atoms with E-state index in [-0.39, 0.29) is 6.04 Å². The van der Waals surface area contributed by atoms with Crippen molar-refractivity contribution in [3.05, 3.63) is 52.3 Å². The van der Waals surface area contributed by atoms with E-state index < -0.39 is 0 Å². The maximum absolute atomic E-state index is 6.12. The second-order valence-corrected chi connectivity index (χ2v) is 5.32. The first kappa shape index (κ1) is 14.7. The summed E-state index contributed by atoms with van der Waals surface area (Å²) in [5.41, 5.74) is 4.17. The fraction of sp³-hybridized carbons (Fsp3) is 0.312. The molecule has 0 aliphatic heterocycles. The smallest absolute Gasteiger partial charge is 0.152 e. The summed E-state index contributed by atoms with van der Waals surface area (Å²) in [5, 5.41) is 3.87. The first-order chi connectivity index (χ1) is 9.51. The SMILES string of the molecule is COc1cc(C)ccc1C(C)Nc1cc(C)cnc1Cl. The number of nitrogens with zero attached hydrogens (tertiary/aromatic N) is 1. The Morgan fingerprint density at radius 2 is 1.95 bits per heavy atom. The summed E-state index contributed by atoms with van der Waals surface area (Å²) in [7, 11) is 1.69. The third-order valence-corrected chi connectivity index (χ3v) is 3.50. The lowest BCUT2D eigenvalue weighted by molar-refractivity contribution is 0.407. The van der Waals surface area contributed by atoms with Crippen LogP contribution in [0.4, 0.5) is 5.69 Å². The van der Waals surface area contributed by atoms with Gasteiger partial charge in [0.2, 0.25) is 0 Å². The van der Waals surface area contributed by atoms with Gasteiger partial charge in [0.15, 0.2) is 5.15 Å². The molecule has 4 heteroatoms. The fourth-order valence-corrected chi connectivity index (χ4v) is 2.30. The molecule has 0 saturated heterocycles. The van der Waals surface area contributed by atoms with E-state index in [1.807, 2.05) is 26.0 Å². The van der Waals surface area contributed by atoms with Gasteiger partial charge in [0.25, 0.3) is 0 Å². The molecule has 0 bridgehead atoms. The first-order valence-electron chi connectivity index (χ1n) is 6.54. The van der Waals surface area contributed by atoms with Crippen LogP contribution in [0.2, 0.25) is 5.15 Å². The molecule has 1 unspecified atom stereocenters. The Hall–Kier alpha value is -1.74. The van der Waals surface area contributed by atoms with Gasteiger partial charge in [-0.05, 0) is 44.0 Å². The van der Waals surface area contributed by atoms with Crippen LogP contribution in [0.1, 0.15) is 29.7 Å². The van der Waals surface area contributed by atoms with E-state index in [0.29, 0.717) is 5.15 Å². The number of benzene rings is 1. The zero-order valence-corrected chi connectivity index (χ0v) is 13.0. The number of anilines is 1. The molecule has 0 fully saturated rings. The van der Waals surface area contributed by atoms with Crippen LogP contribution < -0.4 is 10.1 Å². The van der Waals surface area contributed by atoms with Crippen molar-refractivity contribution in [2.24, 2.45) is 0 Å². The van der Waals surface area contributed by atoms with Crippen LogP contribution in [-0.2, 0) is 0 Å². The lowest BCUT2D eigenvalue weighted by Crippen LogP contribution is -2.09. The Bertz CT molecular complexity index is 613. The number of hydrogen-bond donors (Lipinski definition) is 1. The average Bonchev–Trinajstić information content (AvgIpc) is 2.42. The fourth-order valence-electron chi connectivity index (χ4n) is 2.14. The highest BCUT2D eigenvalue weighted by molar-refractivity contribution is 6.32. The van der Waals surface area contributed by atoms with E-state index in [9.17, 15) is 0 Å². The van der Waals surface area contributed by atoms with Crippen molar-refractivity contribution in [3.63, 3.8) is 0 Å². The molecule has 0 saturated carbocycles. The molecule has 1 N–H and O–H groups in total. The van der Waals surface area contributed by atoms with Gasteiger partial charge in [-0.2, -0.15) is 0 Å². The van der Waals surface area contributed by atoms with Crippen LogP contribution in [-0.4, -0.2) is 12.1 Å². The molecule has 0 amide bonds. The van der Waals surface area contributed by atoms with Crippen molar-refractivity contribution in [1.29, 1.82) is 0 Å². The van der Waals surface area contributed by atoms with Crippen LogP contribution in [0.25, 0.3) is 0 Å². The molecule has 2 rings (SSSR count). The Labute approximate surface area is 124 Å². The van der Waals surface area contributed by atoms with E-state index in [4.69, 9.17) is 16.3 Å². The van der Waals surface area contributed by atoms with Gasteiger partial charge in [0.1, 0.15) is 5.75 Å². The number of pyridine rings is 1. The van der Waals surface area contributed by atoms with Crippen molar-refractivity contribution in [3.8, 4) is 5.75 Å². The van der Waals surface area contributed by atoms with E-state index in [2.05, 4.69) is 29.4 Å². The summed E-state index contributed by atoms with van der Waals surface area (Å²) in [6, 6.07) is 8.25. The molecule has 20 heavy (non-hydrogen) atoms. The van der Waals surface area contributed by atoms with Gasteiger partial charge in [0.05, 0.1) is 18.8 Å². The number of methoxy groups -OCH3 is 1. The molecule has 0 aliphatic rings. The van der Waals surface area contributed by atoms with Gasteiger partial charge < -0.3 is 10.1 Å². The maximum atomic E-state index is 6.12. The predicted octanol–water partition coefficient (Wildman–Crippen LogP) is 4.53. The molecular weight excluding hydrogens is 272 g/mol. The Kier molecular flexibility index (Phi) is 4.50. The molecule has 2 aromatic rings. The Morgan fingerprint density at radius 3 is 2.65 bits per heavy atom. The summed E-state index contributed by atoms with van der Waals surface area (Å²) in [4.78, 5) is 4.15. The number of nitrogens with one attached hydrogen (secondary N) is 1. The van der Waals surface area contributed by atoms with Gasteiger partial charge in [-0.15, -0.1) is 0 Å². The Balaban J connectivity index is 2.28. The maximum Gasteiger partial charge on any atom is 0.152 e. The third kappa shape index (κ3) is 3.23. The van der Waals surface area contributed by atoms with E-state index >= 15 is 0 Å². The summed E-state index contributed by atoms with van der Waals surface area (Å²) >= 11 is 6.12. The summed E-state index contributed by atoms with van der Waals surface area (Å²) in [6.07, 6.45) is 1.75. The van der Waals surface area contributed by atoms with E-state index in [0.717, 1.165) is 22.6 Å². The van der Waals surface area contributed by atoms with Gasteiger partial charge in [-0.25, -0.2) is 4.98 Å².